The van der Waals surface area contributed by atoms with Gasteiger partial charge in [0.2, 0.25) is 6.19 Å². The average molecular weight is 431 g/mol. The fourth-order valence-electron chi connectivity index (χ4n) is 1.46. The van der Waals surface area contributed by atoms with Crippen LogP contribution in [0, 0.1) is 22.9 Å². The third kappa shape index (κ3) is 13.6. The number of anilines is 1. The van der Waals surface area contributed by atoms with E-state index in [2.05, 4.69) is 15.3 Å². The molecule has 0 amide bonds. The summed E-state index contributed by atoms with van der Waals surface area (Å²) < 4.78 is 0.813. The van der Waals surface area contributed by atoms with Gasteiger partial charge >= 0.3 is 0 Å². The number of nitrogens with zero attached hydrogens (tertiary/aromatic N) is 4. The minimum absolute atomic E-state index is 0.605. The summed E-state index contributed by atoms with van der Waals surface area (Å²) in [6.07, 6.45) is 9.21. The van der Waals surface area contributed by atoms with Crippen molar-refractivity contribution in [3.05, 3.63) is 60.7 Å². The third-order valence-corrected chi connectivity index (χ3v) is 5.09. The summed E-state index contributed by atoms with van der Waals surface area (Å²) in [4.78, 5) is 7.72. The van der Waals surface area contributed by atoms with Crippen LogP contribution in [0.2, 0.25) is 0 Å². The highest BCUT2D eigenvalue weighted by atomic mass is 32.2. The van der Waals surface area contributed by atoms with Crippen LogP contribution in [0.15, 0.2) is 70.6 Å². The van der Waals surface area contributed by atoms with E-state index in [0.717, 1.165) is 15.8 Å². The van der Waals surface area contributed by atoms with Gasteiger partial charge in [0.15, 0.2) is 11.4 Å². The summed E-state index contributed by atoms with van der Waals surface area (Å²) in [6, 6.07) is 19.0. The number of nitrogens with two attached hydrogens (primary N) is 1. The van der Waals surface area contributed by atoms with Gasteiger partial charge in [0.1, 0.15) is 4.38 Å². The topological polar surface area (TPSA) is 110 Å². The number of nitriles is 2. The predicted molar refractivity (Wildman–Crippen MR) is 127 cm³/mol. The fourth-order valence-corrected chi connectivity index (χ4v) is 2.74. The van der Waals surface area contributed by atoms with E-state index >= 15 is 0 Å². The van der Waals surface area contributed by atoms with E-state index < -0.39 is 0 Å². The fraction of sp³-hybridized carbons (Fsp3) is 0.158. The van der Waals surface area contributed by atoms with Crippen LogP contribution in [0.4, 0.5) is 11.4 Å². The SMILES string of the molecule is CSC(=NC#N)SC.CSC(=Nc1ccccc1)NC#N.Nc1ccccc1. The molecule has 0 spiro atoms. The van der Waals surface area contributed by atoms with Crippen molar-refractivity contribution < 1.29 is 0 Å². The molecule has 2 aromatic carbocycles. The number of aliphatic imine (C=N–C) groups is 2. The molecular formula is C19H22N6S3. The first-order valence-corrected chi connectivity index (χ1v) is 11.5. The summed E-state index contributed by atoms with van der Waals surface area (Å²) in [5, 5.41) is 19.5. The lowest BCUT2D eigenvalue weighted by Crippen LogP contribution is -2.12. The van der Waals surface area contributed by atoms with Crippen LogP contribution in [0.3, 0.4) is 0 Å². The van der Waals surface area contributed by atoms with E-state index in [1.54, 1.807) is 6.19 Å². The van der Waals surface area contributed by atoms with Crippen LogP contribution in [-0.2, 0) is 0 Å². The van der Waals surface area contributed by atoms with Crippen LogP contribution in [0.1, 0.15) is 0 Å². The first kappa shape index (κ1) is 25.4. The normalized spacial score (nSPS) is 9.25. The van der Waals surface area contributed by atoms with Crippen LogP contribution >= 0.6 is 35.3 Å². The van der Waals surface area contributed by atoms with Gasteiger partial charge in [0.05, 0.1) is 5.69 Å². The van der Waals surface area contributed by atoms with E-state index in [1.807, 2.05) is 85.6 Å². The van der Waals surface area contributed by atoms with Crippen LogP contribution in [0.5, 0.6) is 0 Å². The number of thioether (sulfide) groups is 3. The zero-order chi connectivity index (χ0) is 21.0. The van der Waals surface area contributed by atoms with Gasteiger partial charge in [-0.05, 0) is 43.0 Å². The van der Waals surface area contributed by atoms with Crippen molar-refractivity contribution in [2.75, 3.05) is 24.5 Å². The molecule has 0 unspecified atom stereocenters. The predicted octanol–water partition coefficient (Wildman–Crippen LogP) is 4.93. The van der Waals surface area contributed by atoms with E-state index in [4.69, 9.17) is 16.3 Å². The van der Waals surface area contributed by atoms with Crippen molar-refractivity contribution in [3.63, 3.8) is 0 Å². The van der Waals surface area contributed by atoms with Gasteiger partial charge in [0, 0.05) is 5.69 Å². The molecule has 2 aromatic rings. The van der Waals surface area contributed by atoms with Gasteiger partial charge in [-0.2, -0.15) is 15.5 Å². The maximum atomic E-state index is 8.39. The molecule has 0 saturated carbocycles. The van der Waals surface area contributed by atoms with Gasteiger partial charge < -0.3 is 5.73 Å². The number of hydrogen-bond donors (Lipinski definition) is 2. The van der Waals surface area contributed by atoms with Crippen LogP contribution in [0.25, 0.3) is 0 Å². The van der Waals surface area contributed by atoms with Crippen molar-refractivity contribution in [2.24, 2.45) is 9.98 Å². The number of nitrogens with one attached hydrogen (secondary N) is 1. The lowest BCUT2D eigenvalue weighted by molar-refractivity contribution is 1.28. The Morgan fingerprint density at radius 3 is 1.75 bits per heavy atom. The molecule has 0 radical (unpaired) electrons. The van der Waals surface area contributed by atoms with Gasteiger partial charge in [-0.3, -0.25) is 5.32 Å². The molecule has 0 aliphatic carbocycles. The largest absolute Gasteiger partial charge is 0.399 e. The second-order valence-electron chi connectivity index (χ2n) is 4.49. The highest BCUT2D eigenvalue weighted by molar-refractivity contribution is 8.38. The Balaban J connectivity index is 0.000000418. The second kappa shape index (κ2) is 17.8. The van der Waals surface area contributed by atoms with E-state index in [1.165, 1.54) is 35.3 Å². The van der Waals surface area contributed by atoms with Crippen molar-refractivity contribution in [1.82, 2.24) is 5.32 Å². The molecule has 0 heterocycles. The Bertz CT molecular complexity index is 790. The zero-order valence-electron chi connectivity index (χ0n) is 15.9. The molecule has 0 aliphatic rings. The van der Waals surface area contributed by atoms with Crippen LogP contribution < -0.4 is 11.1 Å². The number of nitrogen functional groups attached to an aromatic ring is 1. The summed E-state index contributed by atoms with van der Waals surface area (Å²) >= 11 is 4.38. The molecule has 0 aromatic heterocycles. The Hall–Kier alpha value is -2.59. The van der Waals surface area contributed by atoms with Crippen molar-refractivity contribution in [2.45, 2.75) is 0 Å². The molecule has 9 heteroatoms. The molecule has 0 fully saturated rings. The number of benzene rings is 2. The standard InChI is InChI=1S/C9H9N3S.C6H7N.C4H6N2S2/c1-13-9(11-7-10)12-8-5-3-2-4-6-8;7-6-4-2-1-3-5-6;1-7-4(8-2)6-3-5/h2-6H,1H3,(H,11,12);1-5H,7H2;1-2H3. The van der Waals surface area contributed by atoms with Gasteiger partial charge in [-0.25, -0.2) is 4.99 Å². The Morgan fingerprint density at radius 2 is 1.43 bits per heavy atom. The summed E-state index contributed by atoms with van der Waals surface area (Å²) in [7, 11) is 0. The zero-order valence-corrected chi connectivity index (χ0v) is 18.3. The average Bonchev–Trinajstić information content (AvgIpc) is 2.74. The van der Waals surface area contributed by atoms with E-state index in [-0.39, 0.29) is 0 Å². The summed E-state index contributed by atoms with van der Waals surface area (Å²) in [6.45, 7) is 0. The molecule has 0 aliphatic heterocycles. The molecule has 0 saturated heterocycles. The minimum Gasteiger partial charge on any atom is -0.399 e. The van der Waals surface area contributed by atoms with Crippen molar-refractivity contribution in [1.29, 1.82) is 10.5 Å². The maximum absolute atomic E-state index is 8.39. The quantitative estimate of drug-likeness (QED) is 0.217. The Labute approximate surface area is 179 Å². The number of para-hydroxylation sites is 2. The first-order valence-electron chi connectivity index (χ1n) is 7.79. The Kier molecular flexibility index (Phi) is 16.2. The number of rotatable bonds is 1. The molecule has 3 N–H and O–H groups in total. The minimum atomic E-state index is 0.605. The summed E-state index contributed by atoms with van der Waals surface area (Å²) in [5.41, 5.74) is 7.02. The highest BCUT2D eigenvalue weighted by Gasteiger charge is 1.94. The second-order valence-corrected chi connectivity index (χ2v) is 7.13. The molecule has 6 nitrogen and oxygen atoms in total. The highest BCUT2D eigenvalue weighted by Crippen LogP contribution is 2.12. The smallest absolute Gasteiger partial charge is 0.207 e. The van der Waals surface area contributed by atoms with Crippen molar-refractivity contribution >= 4 is 56.2 Å². The molecule has 146 valence electrons. The Morgan fingerprint density at radius 1 is 0.893 bits per heavy atom. The molecule has 2 rings (SSSR count). The van der Waals surface area contributed by atoms with E-state index in [9.17, 15) is 0 Å². The molecule has 28 heavy (non-hydrogen) atoms. The van der Waals surface area contributed by atoms with Crippen molar-refractivity contribution in [3.8, 4) is 12.4 Å². The molecular weight excluding hydrogens is 408 g/mol. The van der Waals surface area contributed by atoms with Gasteiger partial charge in [0.25, 0.3) is 0 Å². The third-order valence-electron chi connectivity index (χ3n) is 2.63. The summed E-state index contributed by atoms with van der Waals surface area (Å²) in [5.74, 6) is 0. The monoisotopic (exact) mass is 430 g/mol. The maximum Gasteiger partial charge on any atom is 0.207 e. The van der Waals surface area contributed by atoms with Gasteiger partial charge in [-0.15, -0.1) is 23.5 Å². The van der Waals surface area contributed by atoms with Crippen LogP contribution in [-0.4, -0.2) is 28.3 Å². The molecule has 0 bridgehead atoms. The number of hydrogen-bond acceptors (Lipinski definition) is 8. The first-order chi connectivity index (χ1) is 13.6. The van der Waals surface area contributed by atoms with Gasteiger partial charge in [-0.1, -0.05) is 48.2 Å². The van der Waals surface area contributed by atoms with E-state index in [0.29, 0.717) is 5.17 Å². The molecule has 0 atom stereocenters. The number of amidine groups is 1. The lowest BCUT2D eigenvalue weighted by atomic mass is 10.3. The lowest BCUT2D eigenvalue weighted by Gasteiger charge is -1.98.